The molecule has 0 fully saturated rings. The van der Waals surface area contributed by atoms with E-state index in [2.05, 4.69) is 15.6 Å². The number of benzene rings is 3. The molecule has 2 heterocycles. The van der Waals surface area contributed by atoms with Crippen LogP contribution in [0.15, 0.2) is 97.5 Å². The summed E-state index contributed by atoms with van der Waals surface area (Å²) < 4.78 is 46.1. The number of alkyl halides is 3. The standard InChI is InChI=1S/C29H21ClF3N5O2/c1-40-25-13-19(12-21(30)15-25)27-26(18-8-10-34-11-9-18)17-38(37-27)24-7-3-6-23(16-24)36-28(39)35-22-5-2-4-20(14-22)29(31,32)33/h2-17H,1H3,(H2,35,36,39). The third-order valence-corrected chi connectivity index (χ3v) is 6.12. The summed E-state index contributed by atoms with van der Waals surface area (Å²) in [6.07, 6.45) is 0.696. The number of halogens is 4. The summed E-state index contributed by atoms with van der Waals surface area (Å²) in [5.74, 6) is 0.579. The average Bonchev–Trinajstić information content (AvgIpc) is 3.39. The lowest BCUT2D eigenvalue weighted by Gasteiger charge is -2.11. The largest absolute Gasteiger partial charge is 0.497 e. The second-order valence-electron chi connectivity index (χ2n) is 8.66. The molecule has 2 aromatic heterocycles. The lowest BCUT2D eigenvalue weighted by molar-refractivity contribution is -0.137. The zero-order valence-corrected chi connectivity index (χ0v) is 21.7. The van der Waals surface area contributed by atoms with E-state index in [0.29, 0.717) is 27.8 Å². The fraction of sp³-hybridized carbons (Fsp3) is 0.0690. The van der Waals surface area contributed by atoms with Gasteiger partial charge in [0, 0.05) is 46.1 Å². The van der Waals surface area contributed by atoms with Gasteiger partial charge in [-0.3, -0.25) is 4.98 Å². The van der Waals surface area contributed by atoms with Crippen LogP contribution in [0.25, 0.3) is 28.1 Å². The van der Waals surface area contributed by atoms with Gasteiger partial charge in [0.05, 0.1) is 18.4 Å². The van der Waals surface area contributed by atoms with Crippen LogP contribution in [0.1, 0.15) is 5.56 Å². The van der Waals surface area contributed by atoms with Crippen molar-refractivity contribution in [3.8, 4) is 33.8 Å². The van der Waals surface area contributed by atoms with Crippen molar-refractivity contribution in [3.05, 3.63) is 108 Å². The zero-order valence-electron chi connectivity index (χ0n) is 20.9. The number of nitrogens with zero attached hydrogens (tertiary/aromatic N) is 3. The maximum Gasteiger partial charge on any atom is 0.416 e. The van der Waals surface area contributed by atoms with Gasteiger partial charge in [-0.25, -0.2) is 9.48 Å². The topological polar surface area (TPSA) is 81.1 Å². The number of carbonyl (C=O) groups is 1. The Morgan fingerprint density at radius 1 is 0.900 bits per heavy atom. The molecular formula is C29H21ClF3N5O2. The maximum atomic E-state index is 13.0. The van der Waals surface area contributed by atoms with Gasteiger partial charge in [-0.1, -0.05) is 23.7 Å². The monoisotopic (exact) mass is 563 g/mol. The van der Waals surface area contributed by atoms with Gasteiger partial charge in [0.25, 0.3) is 0 Å². The molecule has 202 valence electrons. The highest BCUT2D eigenvalue weighted by molar-refractivity contribution is 6.31. The zero-order chi connectivity index (χ0) is 28.3. The maximum absolute atomic E-state index is 13.0. The van der Waals surface area contributed by atoms with Crippen molar-refractivity contribution in [2.75, 3.05) is 17.7 Å². The Morgan fingerprint density at radius 2 is 1.60 bits per heavy atom. The minimum Gasteiger partial charge on any atom is -0.497 e. The summed E-state index contributed by atoms with van der Waals surface area (Å²) in [5, 5.41) is 10.4. The van der Waals surface area contributed by atoms with Gasteiger partial charge >= 0.3 is 12.2 Å². The van der Waals surface area contributed by atoms with Crippen LogP contribution in [0.5, 0.6) is 5.75 Å². The van der Waals surface area contributed by atoms with Crippen molar-refractivity contribution < 1.29 is 22.7 Å². The molecule has 0 unspecified atom stereocenters. The molecule has 0 saturated carbocycles. The summed E-state index contributed by atoms with van der Waals surface area (Å²) in [7, 11) is 1.56. The average molecular weight is 564 g/mol. The number of rotatable bonds is 6. The van der Waals surface area contributed by atoms with Gasteiger partial charge in [0.15, 0.2) is 0 Å². The molecule has 0 atom stereocenters. The molecule has 5 aromatic rings. The van der Waals surface area contributed by atoms with Crippen molar-refractivity contribution in [1.29, 1.82) is 0 Å². The number of aromatic nitrogens is 3. The molecule has 7 nitrogen and oxygen atoms in total. The van der Waals surface area contributed by atoms with Crippen LogP contribution in [0, 0.1) is 0 Å². The Labute approximate surface area is 232 Å². The van der Waals surface area contributed by atoms with Crippen LogP contribution in [0.4, 0.5) is 29.3 Å². The third-order valence-electron chi connectivity index (χ3n) is 5.90. The van der Waals surface area contributed by atoms with E-state index in [1.807, 2.05) is 30.5 Å². The first-order valence-corrected chi connectivity index (χ1v) is 12.3. The number of pyridine rings is 1. The minimum atomic E-state index is -4.52. The number of carbonyl (C=O) groups excluding carboxylic acids is 1. The number of hydrogen-bond acceptors (Lipinski definition) is 4. The van der Waals surface area contributed by atoms with Crippen LogP contribution < -0.4 is 15.4 Å². The van der Waals surface area contributed by atoms with E-state index in [4.69, 9.17) is 21.4 Å². The molecule has 0 aliphatic carbocycles. The van der Waals surface area contributed by atoms with Gasteiger partial charge in [-0.05, 0) is 72.3 Å². The van der Waals surface area contributed by atoms with E-state index in [1.165, 1.54) is 12.1 Å². The highest BCUT2D eigenvalue weighted by atomic mass is 35.5. The summed E-state index contributed by atoms with van der Waals surface area (Å²) in [4.78, 5) is 16.7. The predicted molar refractivity (Wildman–Crippen MR) is 148 cm³/mol. The second kappa shape index (κ2) is 11.1. The molecule has 0 aliphatic rings. The number of amides is 2. The predicted octanol–water partition coefficient (Wildman–Crippen LogP) is 7.93. The van der Waals surface area contributed by atoms with Crippen molar-refractivity contribution in [2.24, 2.45) is 0 Å². The fourth-order valence-corrected chi connectivity index (χ4v) is 4.30. The van der Waals surface area contributed by atoms with E-state index in [-0.39, 0.29) is 5.69 Å². The summed E-state index contributed by atoms with van der Waals surface area (Å²) in [6.45, 7) is 0. The number of anilines is 2. The summed E-state index contributed by atoms with van der Waals surface area (Å²) in [5.41, 5.74) is 3.28. The quantitative estimate of drug-likeness (QED) is 0.220. The molecule has 11 heteroatoms. The minimum absolute atomic E-state index is 0.0131. The summed E-state index contributed by atoms with van der Waals surface area (Å²) in [6, 6.07) is 19.6. The van der Waals surface area contributed by atoms with Gasteiger partial charge in [0.1, 0.15) is 11.4 Å². The Bertz CT molecular complexity index is 1670. The van der Waals surface area contributed by atoms with Crippen molar-refractivity contribution in [3.63, 3.8) is 0 Å². The van der Waals surface area contributed by atoms with Crippen LogP contribution in [0.2, 0.25) is 5.02 Å². The molecule has 0 radical (unpaired) electrons. The molecule has 2 N–H and O–H groups in total. The van der Waals surface area contributed by atoms with E-state index in [1.54, 1.807) is 54.5 Å². The normalized spacial score (nSPS) is 11.2. The SMILES string of the molecule is COc1cc(Cl)cc(-c2nn(-c3cccc(NC(=O)Nc4cccc(C(F)(F)F)c4)c3)cc2-c2ccncc2)c1. The molecule has 0 saturated heterocycles. The molecular weight excluding hydrogens is 543 g/mol. The first kappa shape index (κ1) is 26.8. The lowest BCUT2D eigenvalue weighted by Crippen LogP contribution is -2.20. The van der Waals surface area contributed by atoms with Crippen LogP contribution in [-0.4, -0.2) is 27.9 Å². The smallest absolute Gasteiger partial charge is 0.416 e. The first-order chi connectivity index (χ1) is 19.2. The number of methoxy groups -OCH3 is 1. The molecule has 3 aromatic carbocycles. The molecule has 40 heavy (non-hydrogen) atoms. The van der Waals surface area contributed by atoms with E-state index in [0.717, 1.165) is 28.8 Å². The Hall–Kier alpha value is -4.83. The molecule has 5 rings (SSSR count). The Kier molecular flexibility index (Phi) is 7.43. The van der Waals surface area contributed by atoms with Gasteiger partial charge in [0.2, 0.25) is 0 Å². The number of hydrogen-bond donors (Lipinski definition) is 2. The summed E-state index contributed by atoms with van der Waals surface area (Å²) >= 11 is 6.33. The molecule has 0 aliphatic heterocycles. The van der Waals surface area contributed by atoms with Crippen LogP contribution in [-0.2, 0) is 6.18 Å². The molecule has 2 amide bonds. The Balaban J connectivity index is 1.45. The molecule has 0 bridgehead atoms. The fourth-order valence-electron chi connectivity index (χ4n) is 4.07. The first-order valence-electron chi connectivity index (χ1n) is 11.9. The van der Waals surface area contributed by atoms with Gasteiger partial charge in [-0.2, -0.15) is 18.3 Å². The van der Waals surface area contributed by atoms with Gasteiger partial charge in [-0.15, -0.1) is 0 Å². The van der Waals surface area contributed by atoms with Crippen molar-refractivity contribution in [2.45, 2.75) is 6.18 Å². The van der Waals surface area contributed by atoms with E-state index < -0.39 is 17.8 Å². The number of ether oxygens (including phenoxy) is 1. The third kappa shape index (κ3) is 6.08. The highest BCUT2D eigenvalue weighted by Crippen LogP contribution is 2.35. The van der Waals surface area contributed by atoms with Crippen LogP contribution >= 0.6 is 11.6 Å². The highest BCUT2D eigenvalue weighted by Gasteiger charge is 2.30. The number of nitrogens with one attached hydrogen (secondary N) is 2. The van der Waals surface area contributed by atoms with E-state index in [9.17, 15) is 18.0 Å². The van der Waals surface area contributed by atoms with Crippen molar-refractivity contribution >= 4 is 29.0 Å². The lowest BCUT2D eigenvalue weighted by atomic mass is 10.0. The van der Waals surface area contributed by atoms with Crippen LogP contribution in [0.3, 0.4) is 0 Å². The number of urea groups is 1. The van der Waals surface area contributed by atoms with Gasteiger partial charge < -0.3 is 15.4 Å². The molecule has 0 spiro atoms. The van der Waals surface area contributed by atoms with Crippen molar-refractivity contribution in [1.82, 2.24) is 14.8 Å². The van der Waals surface area contributed by atoms with E-state index >= 15 is 0 Å². The second-order valence-corrected chi connectivity index (χ2v) is 9.10. The Morgan fingerprint density at radius 3 is 2.30 bits per heavy atom.